The van der Waals surface area contributed by atoms with Crippen LogP contribution in [0.3, 0.4) is 0 Å². The van der Waals surface area contributed by atoms with Crippen molar-refractivity contribution in [3.05, 3.63) is 53.1 Å². The molecule has 0 spiro atoms. The third-order valence-corrected chi connectivity index (χ3v) is 4.66. The molecule has 1 aliphatic heterocycles. The minimum absolute atomic E-state index is 0. The van der Waals surface area contributed by atoms with E-state index in [0.717, 1.165) is 37.0 Å². The van der Waals surface area contributed by atoms with E-state index in [1.807, 2.05) is 12.1 Å². The van der Waals surface area contributed by atoms with E-state index >= 15 is 0 Å². The molecule has 7 heteroatoms. The molecule has 2 aromatic carbocycles. The number of anilines is 1. The van der Waals surface area contributed by atoms with Gasteiger partial charge in [-0.25, -0.2) is 0 Å². The second-order valence-corrected chi connectivity index (χ2v) is 6.80. The number of nitrogens with zero attached hydrogens (tertiary/aromatic N) is 2. The Hall–Kier alpha value is -2.16. The average molecular weight is 496 g/mol. The molecule has 0 radical (unpaired) electrons. The van der Waals surface area contributed by atoms with Crippen molar-refractivity contribution >= 4 is 35.6 Å². The lowest BCUT2D eigenvalue weighted by molar-refractivity contribution is 0.174. The van der Waals surface area contributed by atoms with Crippen molar-refractivity contribution in [3.63, 3.8) is 0 Å². The van der Waals surface area contributed by atoms with Crippen LogP contribution in [0.2, 0.25) is 0 Å². The number of aliphatic imine (C=N–C) groups is 1. The minimum atomic E-state index is 0. The summed E-state index contributed by atoms with van der Waals surface area (Å²) >= 11 is 0. The molecule has 0 unspecified atom stereocenters. The van der Waals surface area contributed by atoms with E-state index in [-0.39, 0.29) is 24.0 Å². The first-order chi connectivity index (χ1) is 13.1. The third kappa shape index (κ3) is 5.67. The Balaban J connectivity index is 0.00000280. The zero-order valence-electron chi connectivity index (χ0n) is 16.9. The second kappa shape index (κ2) is 10.4. The number of hydrogen-bond donors (Lipinski definition) is 2. The Bertz CT molecular complexity index is 824. The molecular formula is C21H29IN4O2. The van der Waals surface area contributed by atoms with Gasteiger partial charge in [-0.1, -0.05) is 12.1 Å². The molecule has 0 amide bonds. The number of fused-ring (bicyclic) bond motifs is 1. The molecule has 6 nitrogen and oxygen atoms in total. The molecule has 0 aromatic heterocycles. The van der Waals surface area contributed by atoms with Gasteiger partial charge in [0, 0.05) is 39.9 Å². The maximum Gasteiger partial charge on any atom is 0.231 e. The van der Waals surface area contributed by atoms with Crippen LogP contribution in [0.1, 0.15) is 16.7 Å². The Morgan fingerprint density at radius 3 is 2.57 bits per heavy atom. The van der Waals surface area contributed by atoms with Crippen LogP contribution in [-0.4, -0.2) is 40.4 Å². The highest BCUT2D eigenvalue weighted by Gasteiger charge is 2.13. The molecule has 1 heterocycles. The van der Waals surface area contributed by atoms with Gasteiger partial charge in [-0.15, -0.1) is 24.0 Å². The Labute approximate surface area is 184 Å². The van der Waals surface area contributed by atoms with E-state index in [4.69, 9.17) is 9.47 Å². The summed E-state index contributed by atoms with van der Waals surface area (Å²) in [5.74, 6) is 2.44. The van der Waals surface area contributed by atoms with Crippen molar-refractivity contribution in [2.75, 3.05) is 39.4 Å². The zero-order chi connectivity index (χ0) is 19.2. The zero-order valence-corrected chi connectivity index (χ0v) is 19.2. The largest absolute Gasteiger partial charge is 0.454 e. The van der Waals surface area contributed by atoms with Crippen LogP contribution in [0.4, 0.5) is 5.69 Å². The number of benzene rings is 2. The number of ether oxygens (including phenoxy) is 2. The van der Waals surface area contributed by atoms with Crippen LogP contribution in [0, 0.1) is 6.92 Å². The normalized spacial score (nSPS) is 12.4. The second-order valence-electron chi connectivity index (χ2n) is 6.80. The number of halogens is 1. The SMILES string of the molecule is CN=C(NCCc1ccc2c(c1)OCO2)NCc1ccc(N(C)C)cc1C.I. The monoisotopic (exact) mass is 496 g/mol. The van der Waals surface area contributed by atoms with Gasteiger partial charge in [-0.2, -0.15) is 0 Å². The van der Waals surface area contributed by atoms with Crippen molar-refractivity contribution in [2.45, 2.75) is 19.9 Å². The molecule has 3 rings (SSSR count). The summed E-state index contributed by atoms with van der Waals surface area (Å²) in [6, 6.07) is 12.6. The molecule has 0 aliphatic carbocycles. The first-order valence-electron chi connectivity index (χ1n) is 9.16. The quantitative estimate of drug-likeness (QED) is 0.365. The van der Waals surface area contributed by atoms with E-state index in [1.165, 1.54) is 22.4 Å². The van der Waals surface area contributed by atoms with Crippen LogP contribution >= 0.6 is 24.0 Å². The van der Waals surface area contributed by atoms with Crippen molar-refractivity contribution in [2.24, 2.45) is 4.99 Å². The first kappa shape index (κ1) is 22.1. The van der Waals surface area contributed by atoms with Crippen LogP contribution in [0.15, 0.2) is 41.4 Å². The Morgan fingerprint density at radius 1 is 1.07 bits per heavy atom. The first-order valence-corrected chi connectivity index (χ1v) is 9.16. The third-order valence-electron chi connectivity index (χ3n) is 4.66. The average Bonchev–Trinajstić information content (AvgIpc) is 3.13. The van der Waals surface area contributed by atoms with Gasteiger partial charge in [0.25, 0.3) is 0 Å². The molecule has 0 bridgehead atoms. The van der Waals surface area contributed by atoms with E-state index < -0.39 is 0 Å². The standard InChI is InChI=1S/C21H28N4O2.HI/c1-15-11-18(25(3)4)7-6-17(15)13-24-21(22-2)23-10-9-16-5-8-19-20(12-16)27-14-26-19;/h5-8,11-12H,9-10,13-14H2,1-4H3,(H2,22,23,24);1H. The fourth-order valence-electron chi connectivity index (χ4n) is 2.98. The summed E-state index contributed by atoms with van der Waals surface area (Å²) in [5, 5.41) is 6.75. The highest BCUT2D eigenvalue weighted by Crippen LogP contribution is 2.32. The van der Waals surface area contributed by atoms with Gasteiger partial charge in [-0.05, 0) is 54.3 Å². The van der Waals surface area contributed by atoms with Crippen molar-refractivity contribution in [1.29, 1.82) is 0 Å². The molecule has 152 valence electrons. The molecule has 28 heavy (non-hydrogen) atoms. The summed E-state index contributed by atoms with van der Waals surface area (Å²) in [6.45, 7) is 3.98. The topological polar surface area (TPSA) is 58.1 Å². The van der Waals surface area contributed by atoms with Crippen LogP contribution in [0.5, 0.6) is 11.5 Å². The number of aryl methyl sites for hydroxylation is 1. The van der Waals surface area contributed by atoms with Gasteiger partial charge in [0.15, 0.2) is 17.5 Å². The number of hydrogen-bond acceptors (Lipinski definition) is 4. The molecule has 2 N–H and O–H groups in total. The van der Waals surface area contributed by atoms with Crippen molar-refractivity contribution < 1.29 is 9.47 Å². The molecule has 1 aliphatic rings. The summed E-state index contributed by atoms with van der Waals surface area (Å²) in [7, 11) is 5.90. The lowest BCUT2D eigenvalue weighted by atomic mass is 10.1. The lowest BCUT2D eigenvalue weighted by Crippen LogP contribution is -2.38. The molecule has 0 saturated heterocycles. The molecular weight excluding hydrogens is 467 g/mol. The molecule has 0 atom stereocenters. The highest BCUT2D eigenvalue weighted by atomic mass is 127. The van der Waals surface area contributed by atoms with E-state index in [9.17, 15) is 0 Å². The van der Waals surface area contributed by atoms with Crippen molar-refractivity contribution in [3.8, 4) is 11.5 Å². The fraction of sp³-hybridized carbons (Fsp3) is 0.381. The number of nitrogens with one attached hydrogen (secondary N) is 2. The van der Waals surface area contributed by atoms with Gasteiger partial charge >= 0.3 is 0 Å². The van der Waals surface area contributed by atoms with E-state index in [1.54, 1.807) is 7.05 Å². The van der Waals surface area contributed by atoms with E-state index in [2.05, 4.69) is 65.8 Å². The van der Waals surface area contributed by atoms with Gasteiger partial charge in [0.05, 0.1) is 0 Å². The Kier molecular flexibility index (Phi) is 8.22. The molecule has 2 aromatic rings. The lowest BCUT2D eigenvalue weighted by Gasteiger charge is -2.16. The van der Waals surface area contributed by atoms with Crippen LogP contribution in [-0.2, 0) is 13.0 Å². The predicted molar refractivity (Wildman–Crippen MR) is 125 cm³/mol. The Morgan fingerprint density at radius 2 is 1.86 bits per heavy atom. The summed E-state index contributed by atoms with van der Waals surface area (Å²) in [5.41, 5.74) is 4.95. The van der Waals surface area contributed by atoms with Gasteiger partial charge < -0.3 is 25.0 Å². The van der Waals surface area contributed by atoms with Crippen LogP contribution < -0.4 is 25.0 Å². The maximum absolute atomic E-state index is 5.43. The minimum Gasteiger partial charge on any atom is -0.454 e. The maximum atomic E-state index is 5.43. The fourth-order valence-corrected chi connectivity index (χ4v) is 2.98. The number of guanidine groups is 1. The highest BCUT2D eigenvalue weighted by molar-refractivity contribution is 14.0. The molecule has 0 fully saturated rings. The summed E-state index contributed by atoms with van der Waals surface area (Å²) < 4.78 is 10.8. The van der Waals surface area contributed by atoms with E-state index in [0.29, 0.717) is 6.79 Å². The smallest absolute Gasteiger partial charge is 0.231 e. The summed E-state index contributed by atoms with van der Waals surface area (Å²) in [4.78, 5) is 6.42. The van der Waals surface area contributed by atoms with Crippen LogP contribution in [0.25, 0.3) is 0 Å². The summed E-state index contributed by atoms with van der Waals surface area (Å²) in [6.07, 6.45) is 0.883. The van der Waals surface area contributed by atoms with Crippen molar-refractivity contribution in [1.82, 2.24) is 10.6 Å². The van der Waals surface area contributed by atoms with Gasteiger partial charge in [0.2, 0.25) is 6.79 Å². The predicted octanol–water partition coefficient (Wildman–Crippen LogP) is 3.32. The number of rotatable bonds is 6. The van der Waals surface area contributed by atoms with Gasteiger partial charge in [-0.3, -0.25) is 4.99 Å². The van der Waals surface area contributed by atoms with Gasteiger partial charge in [0.1, 0.15) is 0 Å². The molecule has 0 saturated carbocycles.